The van der Waals surface area contributed by atoms with Crippen LogP contribution in [0, 0.1) is 12.7 Å². The maximum atomic E-state index is 12.9. The third kappa shape index (κ3) is 3.22. The summed E-state index contributed by atoms with van der Waals surface area (Å²) in [6.07, 6.45) is 0. The number of halogens is 2. The molecule has 0 aliphatic heterocycles. The summed E-state index contributed by atoms with van der Waals surface area (Å²) >= 11 is 5.97. The third-order valence-corrected chi connectivity index (χ3v) is 3.50. The number of aromatic nitrogens is 3. The van der Waals surface area contributed by atoms with E-state index in [1.165, 1.54) is 28.9 Å². The number of hydrogen-bond acceptors (Lipinski definition) is 3. The zero-order valence-electron chi connectivity index (χ0n) is 12.1. The minimum Gasteiger partial charge on any atom is -0.321 e. The number of anilines is 1. The molecule has 0 aliphatic rings. The number of nitrogens with zero attached hydrogens (tertiary/aromatic N) is 3. The first kappa shape index (κ1) is 15.2. The van der Waals surface area contributed by atoms with E-state index >= 15 is 0 Å². The summed E-state index contributed by atoms with van der Waals surface area (Å²) in [4.78, 5) is 12.3. The van der Waals surface area contributed by atoms with Gasteiger partial charge in [-0.1, -0.05) is 22.9 Å². The fourth-order valence-electron chi connectivity index (χ4n) is 2.12. The van der Waals surface area contributed by atoms with Crippen LogP contribution in [0.4, 0.5) is 10.1 Å². The van der Waals surface area contributed by atoms with E-state index in [0.717, 1.165) is 0 Å². The lowest BCUT2D eigenvalue weighted by Gasteiger charge is -2.05. The van der Waals surface area contributed by atoms with Crippen molar-refractivity contribution in [1.82, 2.24) is 15.0 Å². The van der Waals surface area contributed by atoms with Crippen LogP contribution >= 0.6 is 11.6 Å². The minimum atomic E-state index is -0.414. The van der Waals surface area contributed by atoms with Crippen molar-refractivity contribution in [2.45, 2.75) is 6.92 Å². The molecule has 0 aliphatic carbocycles. The van der Waals surface area contributed by atoms with Gasteiger partial charge >= 0.3 is 0 Å². The van der Waals surface area contributed by atoms with Gasteiger partial charge in [0.05, 0.1) is 11.4 Å². The van der Waals surface area contributed by atoms with Gasteiger partial charge in [-0.2, -0.15) is 0 Å². The first-order valence-electron chi connectivity index (χ1n) is 6.80. The van der Waals surface area contributed by atoms with Crippen LogP contribution in [0.5, 0.6) is 0 Å². The largest absolute Gasteiger partial charge is 0.321 e. The summed E-state index contributed by atoms with van der Waals surface area (Å²) in [5, 5.41) is 11.1. The Kier molecular flexibility index (Phi) is 4.08. The van der Waals surface area contributed by atoms with Gasteiger partial charge in [-0.25, -0.2) is 9.07 Å². The lowest BCUT2D eigenvalue weighted by Crippen LogP contribution is -2.14. The highest BCUT2D eigenvalue weighted by atomic mass is 35.5. The second-order valence-corrected chi connectivity index (χ2v) is 5.31. The van der Waals surface area contributed by atoms with Crippen molar-refractivity contribution in [3.8, 4) is 5.69 Å². The summed E-state index contributed by atoms with van der Waals surface area (Å²) < 4.78 is 14.4. The molecule has 0 bridgehead atoms. The SMILES string of the molecule is Cc1c(C(=O)Nc2ccc(F)cc2)nnn1-c1cccc(Cl)c1. The second kappa shape index (κ2) is 6.18. The van der Waals surface area contributed by atoms with Crippen LogP contribution in [0.1, 0.15) is 16.2 Å². The standard InChI is InChI=1S/C16H12ClFN4O/c1-10-15(16(23)19-13-7-5-12(18)6-8-13)20-21-22(10)14-4-2-3-11(17)9-14/h2-9H,1H3,(H,19,23). The van der Waals surface area contributed by atoms with E-state index in [-0.39, 0.29) is 11.5 Å². The van der Waals surface area contributed by atoms with Crippen molar-refractivity contribution in [3.05, 3.63) is 70.8 Å². The number of rotatable bonds is 3. The van der Waals surface area contributed by atoms with E-state index in [1.54, 1.807) is 25.1 Å². The minimum absolute atomic E-state index is 0.189. The van der Waals surface area contributed by atoms with E-state index in [9.17, 15) is 9.18 Å². The van der Waals surface area contributed by atoms with Crippen LogP contribution in [0.2, 0.25) is 5.02 Å². The van der Waals surface area contributed by atoms with Crippen LogP contribution in [-0.4, -0.2) is 20.9 Å². The van der Waals surface area contributed by atoms with Crippen molar-refractivity contribution in [2.75, 3.05) is 5.32 Å². The van der Waals surface area contributed by atoms with Gasteiger partial charge < -0.3 is 5.32 Å². The van der Waals surface area contributed by atoms with E-state index < -0.39 is 5.91 Å². The van der Waals surface area contributed by atoms with Crippen molar-refractivity contribution >= 4 is 23.2 Å². The fraction of sp³-hybridized carbons (Fsp3) is 0.0625. The van der Waals surface area contributed by atoms with E-state index in [4.69, 9.17) is 11.6 Å². The molecule has 3 rings (SSSR count). The smallest absolute Gasteiger partial charge is 0.278 e. The predicted octanol–water partition coefficient (Wildman–Crippen LogP) is 3.62. The molecule has 3 aromatic rings. The van der Waals surface area contributed by atoms with Gasteiger partial charge in [-0.15, -0.1) is 5.10 Å². The Labute approximate surface area is 136 Å². The van der Waals surface area contributed by atoms with Crippen molar-refractivity contribution < 1.29 is 9.18 Å². The molecule has 116 valence electrons. The lowest BCUT2D eigenvalue weighted by atomic mass is 10.2. The Balaban J connectivity index is 1.86. The zero-order valence-corrected chi connectivity index (χ0v) is 12.9. The topological polar surface area (TPSA) is 59.8 Å². The Morgan fingerprint density at radius 1 is 1.22 bits per heavy atom. The van der Waals surface area contributed by atoms with Crippen LogP contribution in [0.3, 0.4) is 0 Å². The summed E-state index contributed by atoms with van der Waals surface area (Å²) in [5.74, 6) is -0.784. The summed E-state index contributed by atoms with van der Waals surface area (Å²) in [5.41, 5.74) is 1.96. The molecule has 1 N–H and O–H groups in total. The van der Waals surface area contributed by atoms with Crippen molar-refractivity contribution in [1.29, 1.82) is 0 Å². The molecule has 0 saturated heterocycles. The number of amides is 1. The molecule has 5 nitrogen and oxygen atoms in total. The molecule has 2 aromatic carbocycles. The average Bonchev–Trinajstić information content (AvgIpc) is 2.91. The molecule has 0 saturated carbocycles. The van der Waals surface area contributed by atoms with E-state index in [0.29, 0.717) is 22.1 Å². The maximum Gasteiger partial charge on any atom is 0.278 e. The third-order valence-electron chi connectivity index (χ3n) is 3.26. The van der Waals surface area contributed by atoms with Gasteiger partial charge in [-0.3, -0.25) is 4.79 Å². The van der Waals surface area contributed by atoms with Gasteiger partial charge in [0, 0.05) is 10.7 Å². The molecule has 1 heterocycles. The molecule has 0 unspecified atom stereocenters. The van der Waals surface area contributed by atoms with Gasteiger partial charge in [-0.05, 0) is 49.4 Å². The van der Waals surface area contributed by atoms with E-state index in [2.05, 4.69) is 15.6 Å². The van der Waals surface area contributed by atoms with Crippen LogP contribution < -0.4 is 5.32 Å². The normalized spacial score (nSPS) is 10.6. The number of carbonyl (C=O) groups is 1. The first-order valence-corrected chi connectivity index (χ1v) is 7.17. The molecule has 1 amide bonds. The quantitative estimate of drug-likeness (QED) is 0.798. The Morgan fingerprint density at radius 2 is 1.96 bits per heavy atom. The summed E-state index contributed by atoms with van der Waals surface area (Å²) in [6.45, 7) is 1.74. The molecule has 23 heavy (non-hydrogen) atoms. The molecular weight excluding hydrogens is 319 g/mol. The molecule has 0 atom stereocenters. The van der Waals surface area contributed by atoms with Gasteiger partial charge in [0.2, 0.25) is 0 Å². The predicted molar refractivity (Wildman–Crippen MR) is 85.5 cm³/mol. The van der Waals surface area contributed by atoms with Crippen molar-refractivity contribution in [3.63, 3.8) is 0 Å². The average molecular weight is 331 g/mol. The van der Waals surface area contributed by atoms with Crippen molar-refractivity contribution in [2.24, 2.45) is 0 Å². The molecular formula is C16H12ClFN4O. The van der Waals surface area contributed by atoms with E-state index in [1.807, 2.05) is 6.07 Å². The zero-order chi connectivity index (χ0) is 16.4. The summed E-state index contributed by atoms with van der Waals surface area (Å²) in [7, 11) is 0. The number of hydrogen-bond donors (Lipinski definition) is 1. The van der Waals surface area contributed by atoms with Crippen LogP contribution in [0.25, 0.3) is 5.69 Å². The van der Waals surface area contributed by atoms with Gasteiger partial charge in [0.25, 0.3) is 5.91 Å². The summed E-state index contributed by atoms with van der Waals surface area (Å²) in [6, 6.07) is 12.6. The highest BCUT2D eigenvalue weighted by Gasteiger charge is 2.17. The Hall–Kier alpha value is -2.73. The van der Waals surface area contributed by atoms with Gasteiger partial charge in [0.15, 0.2) is 5.69 Å². The molecule has 0 spiro atoms. The highest BCUT2D eigenvalue weighted by Crippen LogP contribution is 2.17. The monoisotopic (exact) mass is 330 g/mol. The van der Waals surface area contributed by atoms with Gasteiger partial charge in [0.1, 0.15) is 5.82 Å². The first-order chi connectivity index (χ1) is 11.0. The fourth-order valence-corrected chi connectivity index (χ4v) is 2.30. The molecule has 7 heteroatoms. The number of nitrogens with one attached hydrogen (secondary N) is 1. The molecule has 1 aromatic heterocycles. The second-order valence-electron chi connectivity index (χ2n) is 4.88. The highest BCUT2D eigenvalue weighted by molar-refractivity contribution is 6.30. The lowest BCUT2D eigenvalue weighted by molar-refractivity contribution is 0.102. The molecule has 0 fully saturated rings. The van der Waals surface area contributed by atoms with Crippen LogP contribution in [0.15, 0.2) is 48.5 Å². The van der Waals surface area contributed by atoms with Crippen LogP contribution in [-0.2, 0) is 0 Å². The Bertz CT molecular complexity index is 861. The molecule has 0 radical (unpaired) electrons. The maximum absolute atomic E-state index is 12.9. The Morgan fingerprint density at radius 3 is 2.65 bits per heavy atom. The number of carbonyl (C=O) groups excluding carboxylic acids is 1. The number of benzene rings is 2.